The Morgan fingerprint density at radius 2 is 1.95 bits per heavy atom. The molecule has 3 rings (SSSR count). The zero-order valence-electron chi connectivity index (χ0n) is 13.3. The van der Waals surface area contributed by atoms with Gasteiger partial charge < -0.3 is 5.11 Å². The first-order chi connectivity index (χ1) is 9.95. The van der Waals surface area contributed by atoms with Gasteiger partial charge in [0.1, 0.15) is 0 Å². The Labute approximate surface area is 132 Å². The van der Waals surface area contributed by atoms with Gasteiger partial charge in [0, 0.05) is 4.70 Å². The van der Waals surface area contributed by atoms with Gasteiger partial charge in [-0.1, -0.05) is 39.0 Å². The Morgan fingerprint density at radius 3 is 2.71 bits per heavy atom. The summed E-state index contributed by atoms with van der Waals surface area (Å²) in [6, 6.07) is 8.64. The van der Waals surface area contributed by atoms with E-state index in [-0.39, 0.29) is 6.10 Å². The minimum Gasteiger partial charge on any atom is -0.393 e. The van der Waals surface area contributed by atoms with Crippen molar-refractivity contribution in [2.24, 2.45) is 17.3 Å². The number of aliphatic hydroxyl groups is 1. The number of thiophene rings is 1. The number of fused-ring (bicyclic) bond motifs is 1. The van der Waals surface area contributed by atoms with Crippen LogP contribution in [0.15, 0.2) is 29.6 Å². The lowest BCUT2D eigenvalue weighted by molar-refractivity contribution is 0.0198. The second-order valence-electron chi connectivity index (χ2n) is 7.66. The van der Waals surface area contributed by atoms with Crippen LogP contribution in [0.1, 0.15) is 45.6 Å². The summed E-state index contributed by atoms with van der Waals surface area (Å²) in [6.07, 6.45) is 4.20. The minimum atomic E-state index is -0.123. The van der Waals surface area contributed by atoms with Gasteiger partial charge in [-0.25, -0.2) is 0 Å². The number of benzene rings is 1. The molecule has 0 aliphatic heterocycles. The van der Waals surface area contributed by atoms with Crippen LogP contribution in [0, 0.1) is 17.3 Å². The quantitative estimate of drug-likeness (QED) is 0.801. The van der Waals surface area contributed by atoms with E-state index < -0.39 is 0 Å². The lowest BCUT2D eigenvalue weighted by atomic mass is 9.67. The lowest BCUT2D eigenvalue weighted by Crippen LogP contribution is -2.35. The summed E-state index contributed by atoms with van der Waals surface area (Å²) in [7, 11) is 0. The smallest absolute Gasteiger partial charge is 0.0571 e. The van der Waals surface area contributed by atoms with Gasteiger partial charge in [0.2, 0.25) is 0 Å². The largest absolute Gasteiger partial charge is 0.393 e. The molecule has 1 aliphatic carbocycles. The van der Waals surface area contributed by atoms with Crippen LogP contribution in [0.4, 0.5) is 0 Å². The molecular weight excluding hydrogens is 276 g/mol. The Morgan fingerprint density at radius 1 is 1.19 bits per heavy atom. The fraction of sp³-hybridized carbons (Fsp3) is 0.579. The zero-order chi connectivity index (χ0) is 15.0. The highest BCUT2D eigenvalue weighted by molar-refractivity contribution is 7.17. The van der Waals surface area contributed by atoms with Crippen molar-refractivity contribution in [3.63, 3.8) is 0 Å². The van der Waals surface area contributed by atoms with Crippen molar-refractivity contribution in [1.82, 2.24) is 0 Å². The molecule has 114 valence electrons. The van der Waals surface area contributed by atoms with Crippen molar-refractivity contribution >= 4 is 21.4 Å². The molecule has 0 spiro atoms. The summed E-state index contributed by atoms with van der Waals surface area (Å²) in [5, 5.41) is 14.1. The fourth-order valence-corrected chi connectivity index (χ4v) is 4.70. The van der Waals surface area contributed by atoms with Crippen LogP contribution < -0.4 is 0 Å². The molecular formula is C19H26OS. The summed E-state index contributed by atoms with van der Waals surface area (Å²) in [5.41, 5.74) is 1.78. The second-order valence-corrected chi connectivity index (χ2v) is 8.58. The topological polar surface area (TPSA) is 20.2 Å². The van der Waals surface area contributed by atoms with Crippen LogP contribution in [0.2, 0.25) is 0 Å². The van der Waals surface area contributed by atoms with Gasteiger partial charge >= 0.3 is 0 Å². The van der Waals surface area contributed by atoms with Crippen molar-refractivity contribution in [3.8, 4) is 0 Å². The van der Waals surface area contributed by atoms with E-state index in [1.54, 1.807) is 0 Å². The van der Waals surface area contributed by atoms with Gasteiger partial charge in [0.05, 0.1) is 6.10 Å². The van der Waals surface area contributed by atoms with E-state index in [0.717, 1.165) is 25.2 Å². The van der Waals surface area contributed by atoms with Crippen LogP contribution in [-0.4, -0.2) is 11.2 Å². The van der Waals surface area contributed by atoms with E-state index in [4.69, 9.17) is 0 Å². The van der Waals surface area contributed by atoms with Gasteiger partial charge in [-0.2, -0.15) is 0 Å². The first kappa shape index (κ1) is 15.1. The third-order valence-electron chi connectivity index (χ3n) is 5.21. The van der Waals surface area contributed by atoms with Gasteiger partial charge in [-0.05, 0) is 65.3 Å². The van der Waals surface area contributed by atoms with Crippen LogP contribution in [0.25, 0.3) is 10.1 Å². The predicted octanol–water partition coefficient (Wildman–Crippen LogP) is 5.27. The molecule has 1 aromatic heterocycles. The van der Waals surface area contributed by atoms with Gasteiger partial charge in [0.25, 0.3) is 0 Å². The van der Waals surface area contributed by atoms with Crippen LogP contribution in [0.5, 0.6) is 0 Å². The number of aliphatic hydroxyl groups excluding tert-OH is 1. The summed E-state index contributed by atoms with van der Waals surface area (Å²) in [6.45, 7) is 7.02. The van der Waals surface area contributed by atoms with E-state index in [1.807, 2.05) is 11.3 Å². The highest BCUT2D eigenvalue weighted by atomic mass is 32.1. The molecule has 1 fully saturated rings. The molecule has 2 aromatic rings. The lowest BCUT2D eigenvalue weighted by Gasteiger charge is -2.40. The number of rotatable bonds is 2. The van der Waals surface area contributed by atoms with Crippen molar-refractivity contribution in [2.75, 3.05) is 0 Å². The molecule has 1 aromatic carbocycles. The molecule has 0 radical (unpaired) electrons. The van der Waals surface area contributed by atoms with Crippen LogP contribution >= 0.6 is 11.3 Å². The third kappa shape index (κ3) is 3.17. The standard InChI is InChI=1S/C19H26OS/c1-19(2,3)15-8-9-17(20)13(11-15)10-14-12-21-18-7-5-4-6-16(14)18/h4-7,12-13,15,17,20H,8-11H2,1-3H3. The van der Waals surface area contributed by atoms with Gasteiger partial charge in [-0.3, -0.25) is 0 Å². The SMILES string of the molecule is CC(C)(C)C1CCC(O)C(Cc2csc3ccccc23)C1. The number of hydrogen-bond donors (Lipinski definition) is 1. The van der Waals surface area contributed by atoms with Gasteiger partial charge in [-0.15, -0.1) is 11.3 Å². The molecule has 1 aliphatic rings. The van der Waals surface area contributed by atoms with Crippen molar-refractivity contribution in [2.45, 2.75) is 52.6 Å². The summed E-state index contributed by atoms with van der Waals surface area (Å²) in [4.78, 5) is 0. The van der Waals surface area contributed by atoms with Crippen LogP contribution in [-0.2, 0) is 6.42 Å². The van der Waals surface area contributed by atoms with Crippen molar-refractivity contribution in [1.29, 1.82) is 0 Å². The van der Waals surface area contributed by atoms with E-state index in [9.17, 15) is 5.11 Å². The van der Waals surface area contributed by atoms with Crippen molar-refractivity contribution in [3.05, 3.63) is 35.2 Å². The molecule has 0 saturated heterocycles. The molecule has 3 atom stereocenters. The molecule has 2 heteroatoms. The average molecular weight is 302 g/mol. The molecule has 3 unspecified atom stereocenters. The summed E-state index contributed by atoms with van der Waals surface area (Å²) >= 11 is 1.83. The molecule has 1 nitrogen and oxygen atoms in total. The Balaban J connectivity index is 1.79. The second kappa shape index (κ2) is 5.73. The summed E-state index contributed by atoms with van der Waals surface area (Å²) < 4.78 is 1.37. The zero-order valence-corrected chi connectivity index (χ0v) is 14.1. The predicted molar refractivity (Wildman–Crippen MR) is 91.8 cm³/mol. The maximum Gasteiger partial charge on any atom is 0.0571 e. The average Bonchev–Trinajstić information content (AvgIpc) is 2.83. The molecule has 0 amide bonds. The monoisotopic (exact) mass is 302 g/mol. The Bertz CT molecular complexity index is 607. The first-order valence-electron chi connectivity index (χ1n) is 8.08. The molecule has 1 heterocycles. The molecule has 1 saturated carbocycles. The van der Waals surface area contributed by atoms with E-state index >= 15 is 0 Å². The minimum absolute atomic E-state index is 0.123. The van der Waals surface area contributed by atoms with Crippen LogP contribution in [0.3, 0.4) is 0 Å². The number of hydrogen-bond acceptors (Lipinski definition) is 2. The normalized spacial score (nSPS) is 27.1. The van der Waals surface area contributed by atoms with E-state index in [1.165, 1.54) is 22.1 Å². The maximum absolute atomic E-state index is 10.4. The Kier molecular flexibility index (Phi) is 4.11. The highest BCUT2D eigenvalue weighted by Crippen LogP contribution is 2.42. The third-order valence-corrected chi connectivity index (χ3v) is 6.22. The Hall–Kier alpha value is -0.860. The molecule has 0 bridgehead atoms. The van der Waals surface area contributed by atoms with E-state index in [0.29, 0.717) is 11.3 Å². The molecule has 21 heavy (non-hydrogen) atoms. The summed E-state index contributed by atoms with van der Waals surface area (Å²) in [5.74, 6) is 1.15. The van der Waals surface area contributed by atoms with Gasteiger partial charge in [0.15, 0.2) is 0 Å². The van der Waals surface area contributed by atoms with E-state index in [2.05, 4.69) is 50.4 Å². The molecule has 1 N–H and O–H groups in total. The highest BCUT2D eigenvalue weighted by Gasteiger charge is 2.35. The van der Waals surface area contributed by atoms with Crippen molar-refractivity contribution < 1.29 is 5.11 Å². The fourth-order valence-electron chi connectivity index (χ4n) is 3.73. The maximum atomic E-state index is 10.4. The first-order valence-corrected chi connectivity index (χ1v) is 8.96.